The fraction of sp³-hybridized carbons (Fsp3) is 0.579. The van der Waals surface area contributed by atoms with Crippen molar-refractivity contribution in [2.45, 2.75) is 63.6 Å². The molecule has 1 aliphatic rings. The molecular weight excluding hydrogens is 409 g/mol. The van der Waals surface area contributed by atoms with Crippen molar-refractivity contribution in [3.8, 4) is 0 Å². The van der Waals surface area contributed by atoms with Gasteiger partial charge in [0, 0.05) is 12.0 Å². The zero-order chi connectivity index (χ0) is 22.3. The summed E-state index contributed by atoms with van der Waals surface area (Å²) in [6.45, 7) is 7.09. The first kappa shape index (κ1) is 23.2. The summed E-state index contributed by atoms with van der Waals surface area (Å²) in [4.78, 5) is 25.8. The van der Waals surface area contributed by atoms with E-state index in [4.69, 9.17) is 0 Å². The fourth-order valence-electron chi connectivity index (χ4n) is 3.44. The molecule has 1 aromatic rings. The molecule has 0 radical (unpaired) electrons. The number of hydrogen-bond donors (Lipinski definition) is 1. The first-order valence-corrected chi connectivity index (χ1v) is 10.7. The zero-order valence-electron chi connectivity index (χ0n) is 16.8. The Morgan fingerprint density at radius 3 is 2.28 bits per heavy atom. The van der Waals surface area contributed by atoms with Gasteiger partial charge in [0.25, 0.3) is 15.9 Å². The third kappa shape index (κ3) is 4.41. The van der Waals surface area contributed by atoms with E-state index in [1.54, 1.807) is 18.6 Å². The highest BCUT2D eigenvalue weighted by Crippen LogP contribution is 2.38. The van der Waals surface area contributed by atoms with Crippen molar-refractivity contribution in [2.24, 2.45) is 5.41 Å². The Hall–Kier alpha value is -2.10. The van der Waals surface area contributed by atoms with Gasteiger partial charge in [0.15, 0.2) is 0 Å². The van der Waals surface area contributed by atoms with E-state index in [-0.39, 0.29) is 18.9 Å². The molecule has 1 saturated heterocycles. The molecule has 2 amide bonds. The number of likely N-dealkylation sites (tertiary alicyclic amines) is 1. The summed E-state index contributed by atoms with van der Waals surface area (Å²) in [6.07, 6.45) is -3.36. The minimum absolute atomic E-state index is 0.212. The number of hydrogen-bond acceptors (Lipinski definition) is 4. The van der Waals surface area contributed by atoms with E-state index in [9.17, 15) is 31.2 Å². The van der Waals surface area contributed by atoms with Crippen LogP contribution in [0.2, 0.25) is 0 Å². The van der Waals surface area contributed by atoms with E-state index in [0.717, 1.165) is 24.6 Å². The number of halogens is 3. The number of nitrogens with zero attached hydrogens (tertiary/aromatic N) is 1. The Kier molecular flexibility index (Phi) is 6.09. The Morgan fingerprint density at radius 2 is 1.79 bits per heavy atom. The fourth-order valence-corrected chi connectivity index (χ4v) is 4.75. The van der Waals surface area contributed by atoms with E-state index < -0.39 is 43.5 Å². The highest BCUT2D eigenvalue weighted by atomic mass is 32.2. The second-order valence-electron chi connectivity index (χ2n) is 8.04. The monoisotopic (exact) mass is 434 g/mol. The maximum absolute atomic E-state index is 13.2. The molecule has 0 bridgehead atoms. The molecular formula is C19H25F3N2O4S. The second-order valence-corrected chi connectivity index (χ2v) is 9.69. The molecule has 0 aliphatic carbocycles. The molecule has 0 aromatic heterocycles. The highest BCUT2D eigenvalue weighted by Gasteiger charge is 2.53. The summed E-state index contributed by atoms with van der Waals surface area (Å²) >= 11 is 0. The lowest BCUT2D eigenvalue weighted by molar-refractivity contribution is -0.163. The second kappa shape index (κ2) is 7.62. The molecule has 1 aliphatic heterocycles. The average molecular weight is 434 g/mol. The number of rotatable bonds is 6. The van der Waals surface area contributed by atoms with Gasteiger partial charge in [-0.3, -0.25) is 9.59 Å². The molecule has 162 valence electrons. The van der Waals surface area contributed by atoms with Gasteiger partial charge in [0.05, 0.1) is 10.5 Å². The van der Waals surface area contributed by atoms with Gasteiger partial charge < -0.3 is 4.90 Å². The van der Waals surface area contributed by atoms with Crippen molar-refractivity contribution in [1.82, 2.24) is 9.62 Å². The Labute approximate surface area is 168 Å². The van der Waals surface area contributed by atoms with E-state index in [2.05, 4.69) is 0 Å². The predicted octanol–water partition coefficient (Wildman–Crippen LogP) is 3.33. The smallest absolute Gasteiger partial charge is 0.328 e. The average Bonchev–Trinajstić information content (AvgIpc) is 2.58. The normalized spacial score (nSPS) is 20.2. The number of sulfonamides is 1. The van der Waals surface area contributed by atoms with Crippen molar-refractivity contribution < 1.29 is 31.2 Å². The van der Waals surface area contributed by atoms with Crippen molar-refractivity contribution in [3.05, 3.63) is 29.8 Å². The van der Waals surface area contributed by atoms with Crippen LogP contribution in [0.25, 0.3) is 0 Å². The van der Waals surface area contributed by atoms with Crippen molar-refractivity contribution >= 4 is 21.8 Å². The molecule has 2 rings (SSSR count). The quantitative estimate of drug-likeness (QED) is 0.745. The Balaban J connectivity index is 2.29. The summed E-state index contributed by atoms with van der Waals surface area (Å²) in [5.41, 5.74) is -3.54. The first-order chi connectivity index (χ1) is 13.2. The van der Waals surface area contributed by atoms with Gasteiger partial charge >= 0.3 is 6.18 Å². The van der Waals surface area contributed by atoms with Gasteiger partial charge in [-0.15, -0.1) is 0 Å². The minimum atomic E-state index is -4.90. The maximum Gasteiger partial charge on any atom is 0.417 e. The Bertz CT molecular complexity index is 912. The van der Waals surface area contributed by atoms with Gasteiger partial charge in [-0.1, -0.05) is 39.3 Å². The van der Waals surface area contributed by atoms with Crippen LogP contribution in [0.5, 0.6) is 0 Å². The molecule has 1 aromatic carbocycles. The van der Waals surface area contributed by atoms with Crippen LogP contribution in [-0.4, -0.2) is 37.2 Å². The predicted molar refractivity (Wildman–Crippen MR) is 100 cm³/mol. The van der Waals surface area contributed by atoms with Crippen LogP contribution in [0.1, 0.15) is 52.5 Å². The molecule has 0 spiro atoms. The number of alkyl halides is 3. The topological polar surface area (TPSA) is 83.6 Å². The van der Waals surface area contributed by atoms with Crippen molar-refractivity contribution in [2.75, 3.05) is 6.54 Å². The van der Waals surface area contributed by atoms with Crippen LogP contribution in [-0.2, 0) is 25.8 Å². The maximum atomic E-state index is 13.2. The number of carbonyl (C=O) groups excluding carboxylic acids is 2. The van der Waals surface area contributed by atoms with Gasteiger partial charge in [-0.25, -0.2) is 13.1 Å². The first-order valence-electron chi connectivity index (χ1n) is 9.22. The number of nitrogens with one attached hydrogen (secondary N) is 1. The van der Waals surface area contributed by atoms with Crippen LogP contribution in [0, 0.1) is 5.41 Å². The molecule has 1 heterocycles. The standard InChI is InChI=1S/C19H25F3N2O4S/c1-5-10-17(2,3)16(26)24-12-11-18(24,4)15(25)23-29(27,28)14-9-7-6-8-13(14)19(20,21)22/h6-9H,5,10-12H2,1-4H3,(H,23,25). The summed E-state index contributed by atoms with van der Waals surface area (Å²) in [7, 11) is -4.78. The van der Waals surface area contributed by atoms with Crippen LogP contribution in [0.3, 0.4) is 0 Å². The molecule has 6 nitrogen and oxygen atoms in total. The molecule has 1 unspecified atom stereocenters. The lowest BCUT2D eigenvalue weighted by Gasteiger charge is -2.51. The Morgan fingerprint density at radius 1 is 1.21 bits per heavy atom. The lowest BCUT2D eigenvalue weighted by atomic mass is 9.79. The minimum Gasteiger partial charge on any atom is -0.328 e. The highest BCUT2D eigenvalue weighted by molar-refractivity contribution is 7.90. The SMILES string of the molecule is CCCC(C)(C)C(=O)N1CCC1(C)C(=O)NS(=O)(=O)c1ccccc1C(F)(F)F. The molecule has 1 atom stereocenters. The van der Waals surface area contributed by atoms with Crippen LogP contribution in [0.4, 0.5) is 13.2 Å². The zero-order valence-corrected chi connectivity index (χ0v) is 17.6. The summed E-state index contributed by atoms with van der Waals surface area (Å²) in [5.74, 6) is -1.32. The summed E-state index contributed by atoms with van der Waals surface area (Å²) < 4.78 is 66.3. The summed E-state index contributed by atoms with van der Waals surface area (Å²) in [6, 6.07) is 3.62. The van der Waals surface area contributed by atoms with Crippen LogP contribution >= 0.6 is 0 Å². The third-order valence-electron chi connectivity index (χ3n) is 5.32. The van der Waals surface area contributed by atoms with Gasteiger partial charge in [0.1, 0.15) is 5.54 Å². The van der Waals surface area contributed by atoms with Gasteiger partial charge in [-0.2, -0.15) is 13.2 Å². The summed E-state index contributed by atoms with van der Waals surface area (Å²) in [5, 5.41) is 0. The van der Waals surface area contributed by atoms with Gasteiger partial charge in [0.2, 0.25) is 5.91 Å². The molecule has 0 saturated carbocycles. The van der Waals surface area contributed by atoms with Crippen molar-refractivity contribution in [3.63, 3.8) is 0 Å². The molecule has 1 N–H and O–H groups in total. The molecule has 29 heavy (non-hydrogen) atoms. The van der Waals surface area contributed by atoms with Crippen LogP contribution < -0.4 is 4.72 Å². The largest absolute Gasteiger partial charge is 0.417 e. The molecule has 10 heteroatoms. The van der Waals surface area contributed by atoms with E-state index >= 15 is 0 Å². The van der Waals surface area contributed by atoms with Gasteiger partial charge in [-0.05, 0) is 31.9 Å². The number of carbonyl (C=O) groups is 2. The number of amides is 2. The van der Waals surface area contributed by atoms with E-state index in [0.29, 0.717) is 12.5 Å². The van der Waals surface area contributed by atoms with E-state index in [1.807, 2.05) is 6.92 Å². The number of benzene rings is 1. The third-order valence-corrected chi connectivity index (χ3v) is 6.70. The van der Waals surface area contributed by atoms with Crippen LogP contribution in [0.15, 0.2) is 29.2 Å². The molecule has 1 fully saturated rings. The lowest BCUT2D eigenvalue weighted by Crippen LogP contribution is -2.69. The van der Waals surface area contributed by atoms with Crippen molar-refractivity contribution in [1.29, 1.82) is 0 Å². The van der Waals surface area contributed by atoms with E-state index in [1.165, 1.54) is 11.8 Å².